The first kappa shape index (κ1) is 28.8. The highest BCUT2D eigenvalue weighted by Crippen LogP contribution is 2.32. The van der Waals surface area contributed by atoms with Gasteiger partial charge in [-0.3, -0.25) is 19.6 Å². The lowest BCUT2D eigenvalue weighted by molar-refractivity contribution is 0.101. The zero-order valence-corrected chi connectivity index (χ0v) is 23.6. The van der Waals surface area contributed by atoms with Gasteiger partial charge in [0.1, 0.15) is 24.2 Å². The number of ether oxygens (including phenoxy) is 2. The molecule has 41 heavy (non-hydrogen) atoms. The standard InChI is InChI=1S/C32H31N5O4/c1-20-27(30(38)36-23-9-11-26(12-10-23)41-19-24-8-6-7-13-34-24)16-25(18-35-20)37-31(39)28-15-22(32(2,3)4)14-21(17-33)29(28)40-5/h6-16,18H,19H2,1-5H3,(H,36,38)(H,37,39). The third-order valence-electron chi connectivity index (χ3n) is 6.34. The van der Waals surface area contributed by atoms with Crippen LogP contribution in [0.5, 0.6) is 11.5 Å². The lowest BCUT2D eigenvalue weighted by Crippen LogP contribution is -2.19. The molecule has 0 fully saturated rings. The van der Waals surface area contributed by atoms with Gasteiger partial charge in [0.2, 0.25) is 0 Å². The minimum absolute atomic E-state index is 0.184. The zero-order chi connectivity index (χ0) is 29.6. The number of hydrogen-bond acceptors (Lipinski definition) is 7. The predicted molar refractivity (Wildman–Crippen MR) is 156 cm³/mol. The maximum atomic E-state index is 13.3. The van der Waals surface area contributed by atoms with Crippen LogP contribution in [0.4, 0.5) is 11.4 Å². The molecule has 9 nitrogen and oxygen atoms in total. The number of nitriles is 1. The van der Waals surface area contributed by atoms with Crippen molar-refractivity contribution in [1.82, 2.24) is 9.97 Å². The molecule has 208 valence electrons. The van der Waals surface area contributed by atoms with Crippen LogP contribution in [-0.2, 0) is 12.0 Å². The molecule has 9 heteroatoms. The number of benzene rings is 2. The normalized spacial score (nSPS) is 10.8. The van der Waals surface area contributed by atoms with E-state index in [2.05, 4.69) is 26.7 Å². The van der Waals surface area contributed by atoms with Crippen LogP contribution in [0.25, 0.3) is 0 Å². The van der Waals surface area contributed by atoms with Gasteiger partial charge in [0.25, 0.3) is 11.8 Å². The fraction of sp³-hybridized carbons (Fsp3) is 0.219. The van der Waals surface area contributed by atoms with Gasteiger partial charge in [0, 0.05) is 11.9 Å². The Bertz CT molecular complexity index is 1600. The van der Waals surface area contributed by atoms with E-state index in [1.807, 2.05) is 39.0 Å². The average Bonchev–Trinajstić information content (AvgIpc) is 2.96. The number of pyridine rings is 2. The molecule has 2 aromatic heterocycles. The summed E-state index contributed by atoms with van der Waals surface area (Å²) in [5.41, 5.74) is 3.50. The summed E-state index contributed by atoms with van der Waals surface area (Å²) >= 11 is 0. The molecule has 0 bridgehead atoms. The average molecular weight is 550 g/mol. The molecule has 0 saturated carbocycles. The Kier molecular flexibility index (Phi) is 8.63. The fourth-order valence-corrected chi connectivity index (χ4v) is 4.04. The summed E-state index contributed by atoms with van der Waals surface area (Å²) in [7, 11) is 1.42. The lowest BCUT2D eigenvalue weighted by Gasteiger charge is -2.22. The van der Waals surface area contributed by atoms with E-state index in [-0.39, 0.29) is 28.2 Å². The molecule has 2 heterocycles. The molecule has 2 N–H and O–H groups in total. The first-order chi connectivity index (χ1) is 19.6. The summed E-state index contributed by atoms with van der Waals surface area (Å²) < 4.78 is 11.2. The van der Waals surface area contributed by atoms with Crippen molar-refractivity contribution in [3.63, 3.8) is 0 Å². The van der Waals surface area contributed by atoms with Crippen LogP contribution in [0.1, 0.15) is 64.0 Å². The largest absolute Gasteiger partial charge is 0.495 e. The van der Waals surface area contributed by atoms with Crippen molar-refractivity contribution in [1.29, 1.82) is 5.26 Å². The monoisotopic (exact) mass is 549 g/mol. The van der Waals surface area contributed by atoms with Gasteiger partial charge in [-0.2, -0.15) is 5.26 Å². The molecule has 4 aromatic rings. The van der Waals surface area contributed by atoms with E-state index in [4.69, 9.17) is 9.47 Å². The second-order valence-electron chi connectivity index (χ2n) is 10.4. The minimum atomic E-state index is -0.484. The number of aromatic nitrogens is 2. The molecule has 0 aliphatic carbocycles. The lowest BCUT2D eigenvalue weighted by atomic mass is 9.84. The van der Waals surface area contributed by atoms with E-state index >= 15 is 0 Å². The van der Waals surface area contributed by atoms with E-state index in [1.54, 1.807) is 55.6 Å². The van der Waals surface area contributed by atoms with Crippen LogP contribution in [-0.4, -0.2) is 28.9 Å². The first-order valence-electron chi connectivity index (χ1n) is 12.9. The number of anilines is 2. The molecular weight excluding hydrogens is 518 g/mol. The van der Waals surface area contributed by atoms with Crippen molar-refractivity contribution in [2.75, 3.05) is 17.7 Å². The van der Waals surface area contributed by atoms with Gasteiger partial charge >= 0.3 is 0 Å². The maximum absolute atomic E-state index is 13.3. The van der Waals surface area contributed by atoms with Gasteiger partial charge in [0.15, 0.2) is 0 Å². The van der Waals surface area contributed by atoms with Crippen molar-refractivity contribution < 1.29 is 19.1 Å². The van der Waals surface area contributed by atoms with Crippen LogP contribution in [0, 0.1) is 18.3 Å². The smallest absolute Gasteiger partial charge is 0.259 e. The summed E-state index contributed by atoms with van der Waals surface area (Å²) in [4.78, 5) is 35.0. The molecule has 0 spiro atoms. The van der Waals surface area contributed by atoms with Gasteiger partial charge in [-0.05, 0) is 72.5 Å². The Balaban J connectivity index is 1.49. The third-order valence-corrected chi connectivity index (χ3v) is 6.34. The van der Waals surface area contributed by atoms with Crippen LogP contribution in [0.3, 0.4) is 0 Å². The molecule has 4 rings (SSSR count). The van der Waals surface area contributed by atoms with Crippen molar-refractivity contribution >= 4 is 23.2 Å². The zero-order valence-electron chi connectivity index (χ0n) is 23.6. The van der Waals surface area contributed by atoms with Gasteiger partial charge in [-0.25, -0.2) is 0 Å². The van der Waals surface area contributed by atoms with Crippen LogP contribution >= 0.6 is 0 Å². The van der Waals surface area contributed by atoms with Crippen LogP contribution in [0.15, 0.2) is 73.1 Å². The number of hydrogen-bond donors (Lipinski definition) is 2. The van der Waals surface area contributed by atoms with E-state index in [0.29, 0.717) is 35.0 Å². The van der Waals surface area contributed by atoms with E-state index in [9.17, 15) is 14.9 Å². The number of methoxy groups -OCH3 is 1. The molecule has 2 aromatic carbocycles. The second-order valence-corrected chi connectivity index (χ2v) is 10.4. The highest BCUT2D eigenvalue weighted by atomic mass is 16.5. The SMILES string of the molecule is COc1c(C#N)cc(C(C)(C)C)cc1C(=O)Nc1cnc(C)c(C(=O)Nc2ccc(OCc3ccccn3)cc2)c1. The van der Waals surface area contributed by atoms with E-state index in [1.165, 1.54) is 13.3 Å². The topological polar surface area (TPSA) is 126 Å². The first-order valence-corrected chi connectivity index (χ1v) is 12.9. The second kappa shape index (κ2) is 12.3. The van der Waals surface area contributed by atoms with Crippen molar-refractivity contribution in [3.05, 3.63) is 107 Å². The highest BCUT2D eigenvalue weighted by molar-refractivity contribution is 6.09. The number of nitrogens with zero attached hydrogens (tertiary/aromatic N) is 3. The minimum Gasteiger partial charge on any atom is -0.495 e. The number of amides is 2. The molecular formula is C32H31N5O4. The Morgan fingerprint density at radius 1 is 0.927 bits per heavy atom. The van der Waals surface area contributed by atoms with Gasteiger partial charge < -0.3 is 20.1 Å². The fourth-order valence-electron chi connectivity index (χ4n) is 4.04. The van der Waals surface area contributed by atoms with Crippen molar-refractivity contribution in [2.45, 2.75) is 39.7 Å². The van der Waals surface area contributed by atoms with Gasteiger partial charge in [-0.1, -0.05) is 26.8 Å². The maximum Gasteiger partial charge on any atom is 0.259 e. The number of carbonyl (C=O) groups is 2. The summed E-state index contributed by atoms with van der Waals surface area (Å²) in [6, 6.07) is 19.7. The number of aryl methyl sites for hydroxylation is 1. The number of nitrogens with one attached hydrogen (secondary N) is 2. The summed E-state index contributed by atoms with van der Waals surface area (Å²) in [5.74, 6) is -0.0414. The number of rotatable bonds is 8. The molecule has 0 unspecified atom stereocenters. The van der Waals surface area contributed by atoms with Gasteiger partial charge in [0.05, 0.1) is 47.1 Å². The molecule has 0 aliphatic rings. The predicted octanol–water partition coefficient (Wildman–Crippen LogP) is 6.05. The Morgan fingerprint density at radius 2 is 1.63 bits per heavy atom. The molecule has 0 radical (unpaired) electrons. The summed E-state index contributed by atoms with van der Waals surface area (Å²) in [5, 5.41) is 15.3. The molecule has 0 aliphatic heterocycles. The van der Waals surface area contributed by atoms with Crippen molar-refractivity contribution in [3.8, 4) is 17.6 Å². The quantitative estimate of drug-likeness (QED) is 0.274. The molecule has 2 amide bonds. The summed E-state index contributed by atoms with van der Waals surface area (Å²) in [6.07, 6.45) is 3.18. The van der Waals surface area contributed by atoms with Gasteiger partial charge in [-0.15, -0.1) is 0 Å². The van der Waals surface area contributed by atoms with Crippen LogP contribution in [0.2, 0.25) is 0 Å². The van der Waals surface area contributed by atoms with E-state index in [0.717, 1.165) is 11.3 Å². The summed E-state index contributed by atoms with van der Waals surface area (Å²) in [6.45, 7) is 8.03. The molecule has 0 saturated heterocycles. The van der Waals surface area contributed by atoms with Crippen LogP contribution < -0.4 is 20.1 Å². The Morgan fingerprint density at radius 3 is 2.27 bits per heavy atom. The Labute approximate surface area is 239 Å². The third kappa shape index (κ3) is 7.05. The highest BCUT2D eigenvalue weighted by Gasteiger charge is 2.23. The Hall–Kier alpha value is -5.23. The van der Waals surface area contributed by atoms with Crippen molar-refractivity contribution in [2.24, 2.45) is 0 Å². The van der Waals surface area contributed by atoms with E-state index < -0.39 is 5.91 Å². The molecule has 0 atom stereocenters. The number of carbonyl (C=O) groups excluding carboxylic acids is 2.